The summed E-state index contributed by atoms with van der Waals surface area (Å²) >= 11 is 0. The number of aryl methyl sites for hydroxylation is 1. The first-order valence-electron chi connectivity index (χ1n) is 5.61. The summed E-state index contributed by atoms with van der Waals surface area (Å²) in [6.07, 6.45) is -1.05. The smallest absolute Gasteiger partial charge is 0.263 e. The van der Waals surface area contributed by atoms with Gasteiger partial charge in [-0.3, -0.25) is 4.68 Å². The van der Waals surface area contributed by atoms with Gasteiger partial charge in [-0.05, 0) is 11.6 Å². The van der Waals surface area contributed by atoms with Gasteiger partial charge < -0.3 is 5.11 Å². The molecule has 0 saturated carbocycles. The minimum absolute atomic E-state index is 0.0382. The van der Waals surface area contributed by atoms with Gasteiger partial charge in [-0.1, -0.05) is 24.3 Å². The molecule has 0 aliphatic carbocycles. The van der Waals surface area contributed by atoms with Crippen LogP contribution in [0.1, 0.15) is 29.4 Å². The second-order valence-electron chi connectivity index (χ2n) is 4.17. The molecule has 0 fully saturated rings. The Morgan fingerprint density at radius 2 is 1.78 bits per heavy atom. The molecule has 0 aliphatic rings. The van der Waals surface area contributed by atoms with Crippen molar-refractivity contribution >= 4 is 0 Å². The summed E-state index contributed by atoms with van der Waals surface area (Å²) in [4.78, 5) is 0. The normalized spacial score (nSPS) is 12.9. The van der Waals surface area contributed by atoms with Crippen molar-refractivity contribution in [1.29, 1.82) is 0 Å². The molecule has 0 amide bonds. The van der Waals surface area contributed by atoms with Crippen LogP contribution in [0.4, 0.5) is 8.78 Å². The van der Waals surface area contributed by atoms with Crippen molar-refractivity contribution < 1.29 is 13.9 Å². The number of aliphatic hydroxyl groups excluding tert-OH is 1. The molecule has 0 aliphatic heterocycles. The van der Waals surface area contributed by atoms with E-state index in [1.54, 1.807) is 17.9 Å². The molecular formula is C13H14F2N2O. The molecule has 0 spiro atoms. The lowest BCUT2D eigenvalue weighted by Gasteiger charge is -2.10. The van der Waals surface area contributed by atoms with Gasteiger partial charge in [-0.15, -0.1) is 0 Å². The lowest BCUT2D eigenvalue weighted by molar-refractivity contribution is 0.150. The van der Waals surface area contributed by atoms with Crippen LogP contribution in [-0.2, 0) is 13.5 Å². The molecule has 2 rings (SSSR count). The molecule has 1 heterocycles. The van der Waals surface area contributed by atoms with Gasteiger partial charge in [0.25, 0.3) is 6.43 Å². The number of rotatable bonds is 4. The maximum Gasteiger partial charge on any atom is 0.263 e. The highest BCUT2D eigenvalue weighted by Gasteiger charge is 2.12. The Bertz CT molecular complexity index is 508. The Kier molecular flexibility index (Phi) is 3.72. The van der Waals surface area contributed by atoms with Crippen molar-refractivity contribution in [3.63, 3.8) is 0 Å². The monoisotopic (exact) mass is 252 g/mol. The molecule has 1 unspecified atom stereocenters. The third-order valence-electron chi connectivity index (χ3n) is 2.74. The molecule has 1 aromatic carbocycles. The summed E-state index contributed by atoms with van der Waals surface area (Å²) in [7, 11) is 1.80. The number of aromatic nitrogens is 2. The molecule has 0 radical (unpaired) electrons. The van der Waals surface area contributed by atoms with Crippen molar-refractivity contribution in [2.75, 3.05) is 0 Å². The van der Waals surface area contributed by atoms with Gasteiger partial charge in [0.2, 0.25) is 0 Å². The predicted octanol–water partition coefficient (Wildman–Crippen LogP) is 2.63. The molecule has 5 heteroatoms. The largest absolute Gasteiger partial charge is 0.388 e. The number of hydrogen-bond donors (Lipinski definition) is 1. The van der Waals surface area contributed by atoms with E-state index >= 15 is 0 Å². The van der Waals surface area contributed by atoms with E-state index in [-0.39, 0.29) is 5.56 Å². The second kappa shape index (κ2) is 5.27. The highest BCUT2D eigenvalue weighted by molar-refractivity contribution is 5.25. The van der Waals surface area contributed by atoms with Gasteiger partial charge in [0, 0.05) is 25.2 Å². The summed E-state index contributed by atoms with van der Waals surface area (Å²) in [6, 6.07) is 7.53. The Morgan fingerprint density at radius 3 is 2.28 bits per heavy atom. The molecule has 1 N–H and O–H groups in total. The van der Waals surface area contributed by atoms with E-state index in [9.17, 15) is 13.9 Å². The first-order chi connectivity index (χ1) is 8.56. The van der Waals surface area contributed by atoms with Gasteiger partial charge in [-0.25, -0.2) is 8.78 Å². The molecule has 0 saturated heterocycles. The lowest BCUT2D eigenvalue weighted by Crippen LogP contribution is -2.03. The zero-order chi connectivity index (χ0) is 13.1. The van der Waals surface area contributed by atoms with Gasteiger partial charge >= 0.3 is 0 Å². The van der Waals surface area contributed by atoms with Crippen molar-refractivity contribution in [1.82, 2.24) is 9.78 Å². The van der Waals surface area contributed by atoms with Crippen LogP contribution in [-0.4, -0.2) is 14.9 Å². The summed E-state index contributed by atoms with van der Waals surface area (Å²) in [6.45, 7) is 0. The van der Waals surface area contributed by atoms with Crippen LogP contribution in [0.2, 0.25) is 0 Å². The number of aliphatic hydroxyl groups is 1. The Morgan fingerprint density at radius 1 is 1.17 bits per heavy atom. The Labute approximate surface area is 104 Å². The van der Waals surface area contributed by atoms with Crippen molar-refractivity contribution in [2.45, 2.75) is 19.0 Å². The zero-order valence-corrected chi connectivity index (χ0v) is 9.92. The van der Waals surface area contributed by atoms with Gasteiger partial charge in [0.15, 0.2) is 0 Å². The number of nitrogens with zero attached hydrogens (tertiary/aromatic N) is 2. The molecule has 96 valence electrons. The summed E-state index contributed by atoms with van der Waals surface area (Å²) in [5, 5.41) is 14.1. The SMILES string of the molecule is Cn1ccc(CC(O)c2ccc(C(F)F)cc2)n1. The maximum absolute atomic E-state index is 12.4. The standard InChI is InChI=1S/C13H14F2N2O/c1-17-7-6-11(16-17)8-12(18)9-2-4-10(5-3-9)13(14)15/h2-7,12-13,18H,8H2,1H3. The predicted molar refractivity (Wildman–Crippen MR) is 63.3 cm³/mol. The van der Waals surface area contributed by atoms with E-state index in [4.69, 9.17) is 0 Å². The van der Waals surface area contributed by atoms with E-state index in [1.165, 1.54) is 24.3 Å². The molecule has 1 aromatic heterocycles. The van der Waals surface area contributed by atoms with Crippen LogP contribution in [0.15, 0.2) is 36.5 Å². The number of alkyl halides is 2. The number of hydrogen-bond acceptors (Lipinski definition) is 2. The van der Waals surface area contributed by atoms with Crippen molar-refractivity contribution in [3.05, 3.63) is 53.3 Å². The highest BCUT2D eigenvalue weighted by atomic mass is 19.3. The van der Waals surface area contributed by atoms with Gasteiger partial charge in [-0.2, -0.15) is 5.10 Å². The lowest BCUT2D eigenvalue weighted by atomic mass is 10.0. The third-order valence-corrected chi connectivity index (χ3v) is 2.74. The topological polar surface area (TPSA) is 38.0 Å². The average Bonchev–Trinajstić information content (AvgIpc) is 2.75. The Balaban J connectivity index is 2.06. The van der Waals surface area contributed by atoms with Crippen molar-refractivity contribution in [3.8, 4) is 0 Å². The van der Waals surface area contributed by atoms with Crippen LogP contribution in [0, 0.1) is 0 Å². The molecule has 3 nitrogen and oxygen atoms in total. The van der Waals surface area contributed by atoms with E-state index in [1.807, 2.05) is 6.07 Å². The maximum atomic E-state index is 12.4. The molecular weight excluding hydrogens is 238 g/mol. The zero-order valence-electron chi connectivity index (χ0n) is 9.92. The Hall–Kier alpha value is -1.75. The fourth-order valence-electron chi connectivity index (χ4n) is 1.75. The summed E-state index contributed by atoms with van der Waals surface area (Å²) < 4.78 is 26.4. The minimum Gasteiger partial charge on any atom is -0.388 e. The minimum atomic E-state index is -2.48. The summed E-state index contributed by atoms with van der Waals surface area (Å²) in [5.41, 5.74) is 1.34. The third kappa shape index (κ3) is 2.92. The van der Waals surface area contributed by atoms with Gasteiger partial charge in [0.05, 0.1) is 11.8 Å². The van der Waals surface area contributed by atoms with Crippen LogP contribution in [0.5, 0.6) is 0 Å². The first kappa shape index (κ1) is 12.7. The van der Waals surface area contributed by atoms with Crippen LogP contribution >= 0.6 is 0 Å². The molecule has 0 bridgehead atoms. The first-order valence-corrected chi connectivity index (χ1v) is 5.61. The molecule has 2 aromatic rings. The highest BCUT2D eigenvalue weighted by Crippen LogP contribution is 2.22. The van der Waals surface area contributed by atoms with Crippen LogP contribution < -0.4 is 0 Å². The molecule has 1 atom stereocenters. The number of benzene rings is 1. The van der Waals surface area contributed by atoms with Crippen molar-refractivity contribution in [2.24, 2.45) is 7.05 Å². The fourth-order valence-corrected chi connectivity index (χ4v) is 1.75. The van der Waals surface area contributed by atoms with E-state index in [2.05, 4.69) is 5.10 Å². The summed E-state index contributed by atoms with van der Waals surface area (Å²) in [5.74, 6) is 0. The van der Waals surface area contributed by atoms with Gasteiger partial charge in [0.1, 0.15) is 0 Å². The second-order valence-corrected chi connectivity index (χ2v) is 4.17. The molecule has 18 heavy (non-hydrogen) atoms. The van der Waals surface area contributed by atoms with E-state index < -0.39 is 12.5 Å². The fraction of sp³-hybridized carbons (Fsp3) is 0.308. The average molecular weight is 252 g/mol. The van der Waals surface area contributed by atoms with E-state index in [0.717, 1.165) is 5.69 Å². The quantitative estimate of drug-likeness (QED) is 0.908. The number of halogens is 2. The van der Waals surface area contributed by atoms with Crippen LogP contribution in [0.3, 0.4) is 0 Å². The van der Waals surface area contributed by atoms with E-state index in [0.29, 0.717) is 12.0 Å². The van der Waals surface area contributed by atoms with Crippen LogP contribution in [0.25, 0.3) is 0 Å².